The average molecular weight is 400 g/mol. The van der Waals surface area contributed by atoms with Crippen LogP contribution in [0.3, 0.4) is 0 Å². The second-order valence-corrected chi connectivity index (χ2v) is 8.17. The van der Waals surface area contributed by atoms with Crippen LogP contribution < -0.4 is 0 Å². The maximum atomic E-state index is 13.5. The molecular weight excluding hydrogens is 373 g/mol. The minimum Gasteiger partial charge on any atom is -0.360 e. The summed E-state index contributed by atoms with van der Waals surface area (Å²) in [5, 5.41) is 0. The minimum atomic E-state index is -0.220. The van der Waals surface area contributed by atoms with E-state index in [0.29, 0.717) is 6.04 Å². The number of benzene rings is 1. The van der Waals surface area contributed by atoms with Crippen molar-refractivity contribution in [3.05, 3.63) is 84.1 Å². The van der Waals surface area contributed by atoms with Crippen molar-refractivity contribution in [3.8, 4) is 22.4 Å². The Hall–Kier alpha value is -2.98. The number of hydrogen-bond acceptors (Lipinski definition) is 2. The molecule has 0 saturated carbocycles. The van der Waals surface area contributed by atoms with Gasteiger partial charge in [-0.15, -0.1) is 0 Å². The lowest BCUT2D eigenvalue weighted by molar-refractivity contribution is 0.299. The first kappa shape index (κ1) is 19.0. The molecule has 3 nitrogen and oxygen atoms in total. The largest absolute Gasteiger partial charge is 0.360 e. The third-order valence-electron chi connectivity index (χ3n) is 6.17. The second-order valence-electron chi connectivity index (χ2n) is 8.17. The highest BCUT2D eigenvalue weighted by atomic mass is 19.1. The minimum absolute atomic E-state index is 0.220. The van der Waals surface area contributed by atoms with Crippen LogP contribution >= 0.6 is 0 Å². The summed E-state index contributed by atoms with van der Waals surface area (Å²) in [5.41, 5.74) is 8.47. The molecule has 1 aromatic carbocycles. The van der Waals surface area contributed by atoms with Crippen LogP contribution in [0.15, 0.2) is 72.7 Å². The van der Waals surface area contributed by atoms with Gasteiger partial charge < -0.3 is 4.98 Å². The van der Waals surface area contributed by atoms with Crippen molar-refractivity contribution in [2.24, 2.45) is 0 Å². The van der Waals surface area contributed by atoms with E-state index in [2.05, 4.69) is 40.1 Å². The number of aromatic nitrogens is 2. The molecule has 3 aromatic rings. The standard InChI is InChI=1S/C26H26FN3/c1-2-3-18-14-23-15-21(10-13-30(23)17-18)24-16-29-26(20-4-6-22(27)7-5-20)25(24)19-8-11-28-12-9-19/h4-9,11-12,14-16,23,29H,2-3,10,13,17H2,1H3. The van der Waals surface area contributed by atoms with Crippen LogP contribution in [0.25, 0.3) is 28.0 Å². The predicted octanol–water partition coefficient (Wildman–Crippen LogP) is 6.08. The molecule has 0 fully saturated rings. The second kappa shape index (κ2) is 8.04. The lowest BCUT2D eigenvalue weighted by Crippen LogP contribution is -2.33. The van der Waals surface area contributed by atoms with Crippen molar-refractivity contribution in [2.75, 3.05) is 13.1 Å². The molecule has 152 valence electrons. The van der Waals surface area contributed by atoms with E-state index in [4.69, 9.17) is 0 Å². The van der Waals surface area contributed by atoms with E-state index in [9.17, 15) is 4.39 Å². The summed E-state index contributed by atoms with van der Waals surface area (Å²) < 4.78 is 13.5. The van der Waals surface area contributed by atoms with Crippen LogP contribution in [-0.2, 0) is 0 Å². The zero-order chi connectivity index (χ0) is 20.5. The van der Waals surface area contributed by atoms with E-state index >= 15 is 0 Å². The van der Waals surface area contributed by atoms with Crippen molar-refractivity contribution in [2.45, 2.75) is 32.2 Å². The number of H-pyrrole nitrogens is 1. The van der Waals surface area contributed by atoms with Gasteiger partial charge in [-0.05, 0) is 65.9 Å². The molecule has 0 aliphatic carbocycles. The molecule has 0 amide bonds. The normalized spacial score (nSPS) is 18.8. The summed E-state index contributed by atoms with van der Waals surface area (Å²) in [5.74, 6) is -0.220. The molecule has 0 saturated heterocycles. The summed E-state index contributed by atoms with van der Waals surface area (Å²) in [4.78, 5) is 10.2. The first-order chi connectivity index (χ1) is 14.7. The molecule has 4 heterocycles. The first-order valence-corrected chi connectivity index (χ1v) is 10.8. The van der Waals surface area contributed by atoms with Crippen LogP contribution in [0, 0.1) is 5.82 Å². The third-order valence-corrected chi connectivity index (χ3v) is 6.17. The molecule has 1 N–H and O–H groups in total. The molecule has 1 unspecified atom stereocenters. The average Bonchev–Trinajstić information content (AvgIpc) is 3.38. The molecule has 30 heavy (non-hydrogen) atoms. The Morgan fingerprint density at radius 3 is 2.63 bits per heavy atom. The lowest BCUT2D eigenvalue weighted by Gasteiger charge is -2.28. The van der Waals surface area contributed by atoms with Gasteiger partial charge >= 0.3 is 0 Å². The number of halogens is 1. The van der Waals surface area contributed by atoms with Gasteiger partial charge in [-0.25, -0.2) is 4.39 Å². The molecule has 2 aliphatic heterocycles. The third kappa shape index (κ3) is 3.52. The van der Waals surface area contributed by atoms with Gasteiger partial charge in [-0.3, -0.25) is 9.88 Å². The van der Waals surface area contributed by atoms with Crippen LogP contribution in [0.1, 0.15) is 31.7 Å². The number of nitrogens with one attached hydrogen (secondary N) is 1. The fraction of sp³-hybridized carbons (Fsp3) is 0.269. The Labute approximate surface area is 177 Å². The first-order valence-electron chi connectivity index (χ1n) is 10.8. The molecule has 0 spiro atoms. The number of pyridine rings is 1. The van der Waals surface area contributed by atoms with Crippen LogP contribution in [0.4, 0.5) is 4.39 Å². The van der Waals surface area contributed by atoms with Gasteiger partial charge in [0, 0.05) is 48.8 Å². The van der Waals surface area contributed by atoms with Crippen LogP contribution in [0.5, 0.6) is 0 Å². The van der Waals surface area contributed by atoms with E-state index in [1.807, 2.05) is 36.7 Å². The molecular formula is C26H26FN3. The van der Waals surface area contributed by atoms with Crippen molar-refractivity contribution in [3.63, 3.8) is 0 Å². The Balaban J connectivity index is 1.59. The maximum Gasteiger partial charge on any atom is 0.123 e. The van der Waals surface area contributed by atoms with Crippen LogP contribution in [0.2, 0.25) is 0 Å². The molecule has 0 radical (unpaired) electrons. The van der Waals surface area contributed by atoms with Gasteiger partial charge in [-0.2, -0.15) is 0 Å². The van der Waals surface area contributed by atoms with E-state index in [-0.39, 0.29) is 5.82 Å². The highest BCUT2D eigenvalue weighted by Crippen LogP contribution is 2.40. The number of aromatic amines is 1. The van der Waals surface area contributed by atoms with Gasteiger partial charge in [-0.1, -0.05) is 31.1 Å². The van der Waals surface area contributed by atoms with Crippen molar-refractivity contribution < 1.29 is 4.39 Å². The Kier molecular flexibility index (Phi) is 5.09. The van der Waals surface area contributed by atoms with Gasteiger partial charge in [0.1, 0.15) is 5.82 Å². The summed E-state index contributed by atoms with van der Waals surface area (Å²) in [6, 6.07) is 11.2. The van der Waals surface area contributed by atoms with E-state index < -0.39 is 0 Å². The number of hydrogen-bond donors (Lipinski definition) is 1. The molecule has 5 rings (SSSR count). The number of fused-ring (bicyclic) bond motifs is 1. The summed E-state index contributed by atoms with van der Waals surface area (Å²) >= 11 is 0. The Bertz CT molecular complexity index is 1090. The summed E-state index contributed by atoms with van der Waals surface area (Å²) in [6.07, 6.45) is 14.1. The molecule has 2 aliphatic rings. The van der Waals surface area contributed by atoms with E-state index in [0.717, 1.165) is 36.3 Å². The SMILES string of the molecule is CCCC1=CC2C=C(c3c[nH]c(-c4ccc(F)cc4)c3-c3ccncc3)CCN2C1. The van der Waals surface area contributed by atoms with Crippen molar-refractivity contribution in [1.82, 2.24) is 14.9 Å². The molecule has 0 bridgehead atoms. The molecule has 4 heteroatoms. The van der Waals surface area contributed by atoms with Gasteiger partial charge in [0.05, 0.1) is 5.69 Å². The smallest absolute Gasteiger partial charge is 0.123 e. The lowest BCUT2D eigenvalue weighted by atomic mass is 9.91. The van der Waals surface area contributed by atoms with Crippen molar-refractivity contribution >= 4 is 5.57 Å². The van der Waals surface area contributed by atoms with Crippen LogP contribution in [-0.4, -0.2) is 34.0 Å². The zero-order valence-corrected chi connectivity index (χ0v) is 17.2. The fourth-order valence-electron chi connectivity index (χ4n) is 4.75. The fourth-order valence-corrected chi connectivity index (χ4v) is 4.75. The highest BCUT2D eigenvalue weighted by molar-refractivity contribution is 5.91. The summed E-state index contributed by atoms with van der Waals surface area (Å²) in [6.45, 7) is 4.43. The Morgan fingerprint density at radius 1 is 1.07 bits per heavy atom. The maximum absolute atomic E-state index is 13.5. The number of rotatable bonds is 5. The molecule has 2 aromatic heterocycles. The highest BCUT2D eigenvalue weighted by Gasteiger charge is 2.28. The van der Waals surface area contributed by atoms with Gasteiger partial charge in [0.15, 0.2) is 0 Å². The molecule has 1 atom stereocenters. The topological polar surface area (TPSA) is 31.9 Å². The van der Waals surface area contributed by atoms with E-state index in [1.165, 1.54) is 41.7 Å². The Morgan fingerprint density at radius 2 is 1.87 bits per heavy atom. The van der Waals surface area contributed by atoms with E-state index in [1.54, 1.807) is 5.57 Å². The predicted molar refractivity (Wildman–Crippen MR) is 120 cm³/mol. The van der Waals surface area contributed by atoms with Crippen molar-refractivity contribution in [1.29, 1.82) is 0 Å². The monoisotopic (exact) mass is 399 g/mol. The number of nitrogens with zero attached hydrogens (tertiary/aromatic N) is 2. The van der Waals surface area contributed by atoms with Gasteiger partial charge in [0.25, 0.3) is 0 Å². The quantitative estimate of drug-likeness (QED) is 0.527. The summed E-state index contributed by atoms with van der Waals surface area (Å²) in [7, 11) is 0. The van der Waals surface area contributed by atoms with Gasteiger partial charge in [0.2, 0.25) is 0 Å². The zero-order valence-electron chi connectivity index (χ0n) is 17.2.